The van der Waals surface area contributed by atoms with Crippen LogP contribution in [0.2, 0.25) is 0 Å². The van der Waals surface area contributed by atoms with Crippen molar-refractivity contribution in [1.29, 1.82) is 0 Å². The Morgan fingerprint density at radius 2 is 0.880 bits per heavy atom. The smallest absolute Gasteiger partial charge is 0.407 e. The zero-order chi connectivity index (χ0) is 92.8. The van der Waals surface area contributed by atoms with Gasteiger partial charge < -0.3 is 86.3 Å². The van der Waals surface area contributed by atoms with E-state index in [9.17, 15) is 71.9 Å². The average molecular weight is 1750 g/mol. The molecule has 2 saturated carbocycles. The predicted octanol–water partition coefficient (Wildman–Crippen LogP) is 10.4. The summed E-state index contributed by atoms with van der Waals surface area (Å²) >= 11 is 0. The normalized spacial score (nSPS) is 16.2. The van der Waals surface area contributed by atoms with Gasteiger partial charge in [0.1, 0.15) is 83.0 Å². The summed E-state index contributed by atoms with van der Waals surface area (Å²) < 4.78 is 38.9. The minimum atomic E-state index is -1.76. The predicted molar refractivity (Wildman–Crippen MR) is 469 cm³/mol. The van der Waals surface area contributed by atoms with Crippen LogP contribution in [0.3, 0.4) is 0 Å². The topological polar surface area (TPSA) is 441 Å². The van der Waals surface area contributed by atoms with Gasteiger partial charge in [-0.25, -0.2) is 33.6 Å². The van der Waals surface area contributed by atoms with Crippen molar-refractivity contribution in [2.24, 2.45) is 11.8 Å². The molecule has 32 nitrogen and oxygen atoms in total. The number of carbonyl (C=O) groups excluding carboxylic acids is 15. The summed E-state index contributed by atoms with van der Waals surface area (Å²) in [4.78, 5) is 207. The van der Waals surface area contributed by atoms with Crippen LogP contribution in [-0.4, -0.2) is 192 Å². The number of amides is 10. The molecule has 7 unspecified atom stereocenters. The molecule has 3 aromatic carbocycles. The number of benzene rings is 3. The van der Waals surface area contributed by atoms with Crippen molar-refractivity contribution < 1.29 is 105 Å². The van der Waals surface area contributed by atoms with Crippen LogP contribution in [0.5, 0.6) is 0 Å². The number of rotatable bonds is 45. The molecule has 0 heterocycles. The highest BCUT2D eigenvalue weighted by Gasteiger charge is 2.39. The number of unbranched alkanes of at least 4 members (excludes halogenated alkanes) is 2. The van der Waals surface area contributed by atoms with Gasteiger partial charge in [0.25, 0.3) is 0 Å². The van der Waals surface area contributed by atoms with Gasteiger partial charge in [0.05, 0.1) is 19.3 Å². The second-order valence-corrected chi connectivity index (χ2v) is 37.5. The van der Waals surface area contributed by atoms with Crippen LogP contribution in [0.15, 0.2) is 79.4 Å². The van der Waals surface area contributed by atoms with Crippen molar-refractivity contribution in [3.05, 3.63) is 96.1 Å². The molecular formula is C93H140N10O22. The Labute approximate surface area is 736 Å². The van der Waals surface area contributed by atoms with E-state index in [1.54, 1.807) is 104 Å². The van der Waals surface area contributed by atoms with E-state index >= 15 is 0 Å². The first-order valence-electron chi connectivity index (χ1n) is 44.1. The Kier molecular flexibility index (Phi) is 42.8. The van der Waals surface area contributed by atoms with Crippen molar-refractivity contribution in [2.75, 3.05) is 26.2 Å². The summed E-state index contributed by atoms with van der Waals surface area (Å²) in [6, 6.07) is 10.7. The van der Waals surface area contributed by atoms with Crippen LogP contribution >= 0.6 is 0 Å². The second-order valence-electron chi connectivity index (χ2n) is 37.5. The van der Waals surface area contributed by atoms with Crippen molar-refractivity contribution >= 4 is 100 Å². The number of carbonyl (C=O) groups is 15. The fourth-order valence-electron chi connectivity index (χ4n) is 14.0. The Morgan fingerprint density at radius 3 is 1.39 bits per heavy atom. The maximum atomic E-state index is 14.5. The first-order chi connectivity index (χ1) is 58.6. The third kappa shape index (κ3) is 43.7. The highest BCUT2D eigenvalue weighted by Crippen LogP contribution is 2.30. The zero-order valence-electron chi connectivity index (χ0n) is 76.4. The number of alkyl carbamates (subject to hydrolysis) is 1. The molecule has 2 fully saturated rings. The van der Waals surface area contributed by atoms with Gasteiger partial charge in [-0.05, 0) is 248 Å². The lowest BCUT2D eigenvalue weighted by atomic mass is 9.81. The van der Waals surface area contributed by atoms with E-state index in [1.807, 2.05) is 73.7 Å². The molecule has 5 rings (SSSR count). The van der Waals surface area contributed by atoms with E-state index in [1.165, 1.54) is 6.08 Å². The molecule has 2 aliphatic carbocycles. The molecule has 10 N–H and O–H groups in total. The Morgan fingerprint density at radius 1 is 0.424 bits per heavy atom. The van der Waals surface area contributed by atoms with Gasteiger partial charge in [-0.3, -0.25) is 38.4 Å². The van der Waals surface area contributed by atoms with E-state index in [0.29, 0.717) is 70.6 Å². The quantitative estimate of drug-likeness (QED) is 0.00826. The summed E-state index contributed by atoms with van der Waals surface area (Å²) in [6.07, 6.45) is 6.83. The van der Waals surface area contributed by atoms with E-state index in [-0.39, 0.29) is 89.1 Å². The van der Waals surface area contributed by atoms with E-state index in [2.05, 4.69) is 59.7 Å². The van der Waals surface area contributed by atoms with E-state index < -0.39 is 179 Å². The Hall–Kier alpha value is -10.7. The monoisotopic (exact) mass is 1750 g/mol. The lowest BCUT2D eigenvalue weighted by molar-refractivity contribution is -0.161. The molecule has 0 saturated heterocycles. The van der Waals surface area contributed by atoms with Crippen molar-refractivity contribution in [3.8, 4) is 0 Å². The molecule has 0 radical (unpaired) electrons. The minimum Gasteiger partial charge on any atom is -0.461 e. The average Bonchev–Trinajstić information content (AvgIpc) is 1.15. The SMILES string of the molecule is C=CCOC(=O)NCCCCC(NC(=O)CC(NC(=O)CC(NC(=O)CC(NC(=O)CCCc1ccc(C)cc1)C(=O)OC(C)(C)C)C(=O)OC(C)(C)C)C(=O)OC(C)(C)C)C(=O)NCC1CCC(C(=O)NC(Cc2ccc3ccccc3c2)C(=O)NCCCCC(NC(=O)NC(CCC(=O)OC(C)(C)C)C(=O)OC(C)(C)C)C(=O)OC2CCCCCC2)CC1. The van der Waals surface area contributed by atoms with Crippen LogP contribution in [-0.2, 0) is 108 Å². The van der Waals surface area contributed by atoms with Crippen molar-refractivity contribution in [3.63, 3.8) is 0 Å². The summed E-state index contributed by atoms with van der Waals surface area (Å²) in [5, 5.41) is 29.1. The largest absolute Gasteiger partial charge is 0.461 e. The number of fused-ring (bicyclic) bond motifs is 1. The molecule has 0 spiro atoms. The van der Waals surface area contributed by atoms with E-state index in [0.717, 1.165) is 53.1 Å². The van der Waals surface area contributed by atoms with Gasteiger partial charge >= 0.3 is 47.9 Å². The molecule has 694 valence electrons. The molecule has 0 bridgehead atoms. The number of nitrogens with one attached hydrogen (secondary N) is 10. The van der Waals surface area contributed by atoms with Gasteiger partial charge in [0, 0.05) is 44.8 Å². The maximum Gasteiger partial charge on any atom is 0.407 e. The summed E-state index contributed by atoms with van der Waals surface area (Å²) in [6.45, 7) is 30.1. The fourth-order valence-corrected chi connectivity index (χ4v) is 14.0. The molecule has 125 heavy (non-hydrogen) atoms. The first-order valence-corrected chi connectivity index (χ1v) is 44.1. The van der Waals surface area contributed by atoms with Gasteiger partial charge in [0.2, 0.25) is 41.4 Å². The molecule has 0 aromatic heterocycles. The maximum absolute atomic E-state index is 14.5. The number of hydrogen-bond donors (Lipinski definition) is 10. The second kappa shape index (κ2) is 51.1. The van der Waals surface area contributed by atoms with E-state index in [4.69, 9.17) is 33.2 Å². The molecule has 7 atom stereocenters. The third-order valence-corrected chi connectivity index (χ3v) is 20.0. The zero-order valence-corrected chi connectivity index (χ0v) is 76.4. The van der Waals surface area contributed by atoms with Crippen molar-refractivity contribution in [2.45, 2.75) is 348 Å². The summed E-state index contributed by atoms with van der Waals surface area (Å²) in [5.74, 6) is -10.6. The molecule has 3 aromatic rings. The Balaban J connectivity index is 1.27. The molecule has 10 amide bonds. The standard InChI is InChI=1S/C93H140N10O22/c1-18-52-119-88(118)95-51-28-25-35-67(97-75(105)56-72(85(115)124-92(12,13)14)99-77(107)57-73(86(116)125-93(15,16)17)100-76(106)55-71(84(114)123-91(9,10)11)98-74(104)37-29-30-60-40-38-59(2)39-41-60)80(110)96-58-61-42-46-64(47-43-61)79(109)101-70(54-62-44-45-63-31-23-24-32-65(63)53-62)81(111)94-50-27-26-36-68(82(112)120-66-33-21-19-20-22-34-66)102-87(117)103-69(83(113)122-90(6,7)8)48-49-78(108)121-89(3,4)5/h18,23-24,31-32,38-41,44-45,53,61,64,66-73H,1,19-22,25-30,33-37,42-43,46-52,54-58H2,2-17H3,(H,94,111)(H,95,118)(H,96,110)(H,97,105)(H,98,104)(H,99,107)(H,100,106)(H,101,109)(H2,102,103,117). The number of hydrogen-bond acceptors (Lipinski definition) is 22. The van der Waals surface area contributed by atoms with Gasteiger partial charge in [-0.1, -0.05) is 97.8 Å². The molecule has 0 aliphatic heterocycles. The number of esters is 6. The van der Waals surface area contributed by atoms with Gasteiger partial charge in [-0.15, -0.1) is 0 Å². The molecular weight excluding hydrogens is 1610 g/mol. The lowest BCUT2D eigenvalue weighted by Crippen LogP contribution is -2.53. The van der Waals surface area contributed by atoms with Crippen LogP contribution < -0.4 is 53.2 Å². The highest BCUT2D eigenvalue weighted by molar-refractivity contribution is 5.96. The van der Waals surface area contributed by atoms with Gasteiger partial charge in [-0.2, -0.15) is 0 Å². The lowest BCUT2D eigenvalue weighted by Gasteiger charge is -2.30. The first kappa shape index (κ1) is 105. The van der Waals surface area contributed by atoms with Crippen LogP contribution in [0.25, 0.3) is 10.8 Å². The fraction of sp³-hybridized carbons (Fsp3) is 0.645. The third-order valence-electron chi connectivity index (χ3n) is 20.0. The van der Waals surface area contributed by atoms with Crippen LogP contribution in [0.1, 0.15) is 268 Å². The summed E-state index contributed by atoms with van der Waals surface area (Å²) in [7, 11) is 0. The molecule has 32 heteroatoms. The molecule has 2 aliphatic rings. The van der Waals surface area contributed by atoms with Crippen molar-refractivity contribution in [1.82, 2.24) is 53.2 Å². The van der Waals surface area contributed by atoms with Crippen LogP contribution in [0.4, 0.5) is 9.59 Å². The van der Waals surface area contributed by atoms with Gasteiger partial charge in [0.15, 0.2) is 0 Å². The number of aryl methyl sites for hydroxylation is 2. The number of ether oxygens (including phenoxy) is 7. The Bertz CT molecular complexity index is 4100. The highest BCUT2D eigenvalue weighted by atomic mass is 16.6. The minimum absolute atomic E-state index is 0.00947. The number of urea groups is 1. The summed E-state index contributed by atoms with van der Waals surface area (Å²) in [5.41, 5.74) is -2.23. The van der Waals surface area contributed by atoms with Crippen LogP contribution in [0, 0.1) is 18.8 Å².